The maximum absolute atomic E-state index is 5.96. The largest absolute Gasteiger partial charge is 0.278 e. The van der Waals surface area contributed by atoms with Crippen molar-refractivity contribution in [3.05, 3.63) is 87.9 Å². The lowest BCUT2D eigenvalue weighted by atomic mass is 10.1. The van der Waals surface area contributed by atoms with Crippen LogP contribution in [0.5, 0.6) is 0 Å². The Morgan fingerprint density at radius 2 is 1.74 bits per heavy atom. The summed E-state index contributed by atoms with van der Waals surface area (Å²) in [6.45, 7) is 0. The number of nitrogens with zero attached hydrogens (tertiary/aromatic N) is 3. The van der Waals surface area contributed by atoms with E-state index < -0.39 is 0 Å². The summed E-state index contributed by atoms with van der Waals surface area (Å²) in [5, 5.41) is 5.17. The van der Waals surface area contributed by atoms with Gasteiger partial charge in [0.25, 0.3) is 0 Å². The minimum atomic E-state index is 0.674. The highest BCUT2D eigenvalue weighted by atomic mass is 79.9. The summed E-state index contributed by atoms with van der Waals surface area (Å²) in [5.41, 5.74) is 6.20. The molecule has 3 aromatic rings. The van der Waals surface area contributed by atoms with Crippen LogP contribution in [0.4, 0.5) is 5.69 Å². The molecule has 0 radical (unpaired) electrons. The Hall–Kier alpha value is -2.24. The maximum Gasteiger partial charge on any atom is 0.118 e. The average molecular weight is 388 g/mol. The van der Waals surface area contributed by atoms with Crippen LogP contribution >= 0.6 is 27.5 Å². The summed E-state index contributed by atoms with van der Waals surface area (Å²) in [5.74, 6) is 0. The molecule has 1 N–H and O–H groups in total. The van der Waals surface area contributed by atoms with Gasteiger partial charge in [-0.05, 0) is 36.4 Å². The Morgan fingerprint density at radius 1 is 1.00 bits per heavy atom. The minimum absolute atomic E-state index is 0.674. The molecule has 0 saturated heterocycles. The summed E-state index contributed by atoms with van der Waals surface area (Å²) in [6, 6.07) is 15.2. The highest BCUT2D eigenvalue weighted by Crippen LogP contribution is 2.16. The second-order valence-electron chi connectivity index (χ2n) is 4.68. The van der Waals surface area contributed by atoms with Crippen LogP contribution in [0, 0.1) is 0 Å². The number of hydrazone groups is 1. The highest BCUT2D eigenvalue weighted by Gasteiger charge is 2.09. The van der Waals surface area contributed by atoms with Gasteiger partial charge in [0.05, 0.1) is 11.9 Å². The molecule has 114 valence electrons. The normalized spacial score (nSPS) is 11.3. The summed E-state index contributed by atoms with van der Waals surface area (Å²) in [7, 11) is 0. The lowest BCUT2D eigenvalue weighted by Crippen LogP contribution is -2.09. The first-order valence-electron chi connectivity index (χ1n) is 6.84. The van der Waals surface area contributed by atoms with Gasteiger partial charge in [-0.3, -0.25) is 15.4 Å². The van der Waals surface area contributed by atoms with E-state index >= 15 is 0 Å². The smallest absolute Gasteiger partial charge is 0.118 e. The molecular weight excluding hydrogens is 376 g/mol. The Morgan fingerprint density at radius 3 is 2.39 bits per heavy atom. The fourth-order valence-electron chi connectivity index (χ4n) is 1.94. The molecule has 0 aliphatic heterocycles. The standard InChI is InChI=1S/C17H12BrClN4/c18-13-3-7-15(8-4-13)22-23-17(16-11-20-9-10-21-16)12-1-5-14(19)6-2-12/h1-11,22H. The first kappa shape index (κ1) is 15.6. The maximum atomic E-state index is 5.96. The monoisotopic (exact) mass is 386 g/mol. The van der Waals surface area contributed by atoms with Crippen LogP contribution in [-0.4, -0.2) is 15.7 Å². The zero-order valence-electron chi connectivity index (χ0n) is 11.9. The Balaban J connectivity index is 1.96. The molecule has 0 fully saturated rings. The van der Waals surface area contributed by atoms with Gasteiger partial charge in [0.15, 0.2) is 0 Å². The van der Waals surface area contributed by atoms with E-state index in [1.807, 2.05) is 48.5 Å². The zero-order valence-corrected chi connectivity index (χ0v) is 14.3. The fourth-order valence-corrected chi connectivity index (χ4v) is 2.33. The molecule has 0 atom stereocenters. The first-order valence-corrected chi connectivity index (χ1v) is 8.01. The van der Waals surface area contributed by atoms with Crippen LogP contribution in [0.2, 0.25) is 5.02 Å². The molecule has 3 rings (SSSR count). The molecule has 4 nitrogen and oxygen atoms in total. The number of anilines is 1. The number of benzene rings is 2. The molecule has 1 aromatic heterocycles. The molecule has 0 aliphatic rings. The third kappa shape index (κ3) is 4.15. The third-order valence-electron chi connectivity index (χ3n) is 3.06. The van der Waals surface area contributed by atoms with Crippen LogP contribution in [0.1, 0.15) is 11.3 Å². The lowest BCUT2D eigenvalue weighted by Gasteiger charge is -2.08. The van der Waals surface area contributed by atoms with E-state index in [2.05, 4.69) is 36.4 Å². The number of halogens is 2. The SMILES string of the molecule is Clc1ccc(C(=NNc2ccc(Br)cc2)c2cnccn2)cc1. The van der Waals surface area contributed by atoms with Gasteiger partial charge in [0, 0.05) is 27.5 Å². The third-order valence-corrected chi connectivity index (χ3v) is 3.85. The van der Waals surface area contributed by atoms with Crippen LogP contribution in [-0.2, 0) is 0 Å². The molecule has 0 spiro atoms. The van der Waals surface area contributed by atoms with Crippen LogP contribution < -0.4 is 5.43 Å². The van der Waals surface area contributed by atoms with Gasteiger partial charge in [-0.2, -0.15) is 5.10 Å². The predicted octanol–water partition coefficient (Wildman–Crippen LogP) is 4.76. The molecule has 23 heavy (non-hydrogen) atoms. The minimum Gasteiger partial charge on any atom is -0.278 e. The van der Waals surface area contributed by atoms with E-state index in [0.29, 0.717) is 16.4 Å². The van der Waals surface area contributed by atoms with E-state index in [9.17, 15) is 0 Å². The molecule has 1 heterocycles. The lowest BCUT2D eigenvalue weighted by molar-refractivity contribution is 1.17. The van der Waals surface area contributed by atoms with Crippen molar-refractivity contribution in [3.8, 4) is 0 Å². The number of nitrogens with one attached hydrogen (secondary N) is 1. The molecule has 0 saturated carbocycles. The van der Waals surface area contributed by atoms with Crippen LogP contribution in [0.25, 0.3) is 0 Å². The van der Waals surface area contributed by atoms with Crippen molar-refractivity contribution in [3.63, 3.8) is 0 Å². The van der Waals surface area contributed by atoms with Crippen molar-refractivity contribution in [2.24, 2.45) is 5.10 Å². The topological polar surface area (TPSA) is 50.2 Å². The van der Waals surface area contributed by atoms with E-state index in [1.165, 1.54) is 0 Å². The van der Waals surface area contributed by atoms with Gasteiger partial charge in [-0.15, -0.1) is 0 Å². The Kier molecular flexibility index (Phi) is 5.00. The molecule has 0 amide bonds. The van der Waals surface area contributed by atoms with E-state index in [-0.39, 0.29) is 0 Å². The van der Waals surface area contributed by atoms with E-state index in [1.54, 1.807) is 18.6 Å². The molecule has 0 aliphatic carbocycles. The fraction of sp³-hybridized carbons (Fsp3) is 0. The van der Waals surface area contributed by atoms with Crippen molar-refractivity contribution in [2.75, 3.05) is 5.43 Å². The van der Waals surface area contributed by atoms with Crippen molar-refractivity contribution in [2.45, 2.75) is 0 Å². The number of hydrogen-bond acceptors (Lipinski definition) is 4. The summed E-state index contributed by atoms with van der Waals surface area (Å²) in [6.07, 6.45) is 4.95. The van der Waals surface area contributed by atoms with Gasteiger partial charge in [0.2, 0.25) is 0 Å². The number of rotatable bonds is 4. The van der Waals surface area contributed by atoms with Crippen molar-refractivity contribution >= 4 is 38.9 Å². The van der Waals surface area contributed by atoms with Crippen LogP contribution in [0.3, 0.4) is 0 Å². The van der Waals surface area contributed by atoms with Crippen LogP contribution in [0.15, 0.2) is 76.7 Å². The van der Waals surface area contributed by atoms with Gasteiger partial charge in [-0.25, -0.2) is 0 Å². The quantitative estimate of drug-likeness (QED) is 0.519. The molecule has 6 heteroatoms. The van der Waals surface area contributed by atoms with Crippen molar-refractivity contribution < 1.29 is 0 Å². The van der Waals surface area contributed by atoms with E-state index in [0.717, 1.165) is 15.7 Å². The number of aromatic nitrogens is 2. The predicted molar refractivity (Wildman–Crippen MR) is 96.9 cm³/mol. The Labute approximate surface area is 147 Å². The Bertz CT molecular complexity index is 802. The number of hydrogen-bond donors (Lipinski definition) is 1. The highest BCUT2D eigenvalue weighted by molar-refractivity contribution is 9.10. The zero-order chi connectivity index (χ0) is 16.1. The first-order chi connectivity index (χ1) is 11.2. The molecule has 0 bridgehead atoms. The molecule has 0 unspecified atom stereocenters. The molecule has 2 aromatic carbocycles. The summed E-state index contributed by atoms with van der Waals surface area (Å²) in [4.78, 5) is 8.44. The molecular formula is C17H12BrClN4. The second-order valence-corrected chi connectivity index (χ2v) is 6.03. The average Bonchev–Trinajstić information content (AvgIpc) is 2.59. The van der Waals surface area contributed by atoms with Gasteiger partial charge >= 0.3 is 0 Å². The summed E-state index contributed by atoms with van der Waals surface area (Å²) >= 11 is 9.37. The summed E-state index contributed by atoms with van der Waals surface area (Å²) < 4.78 is 1.01. The van der Waals surface area contributed by atoms with Gasteiger partial charge in [0.1, 0.15) is 11.4 Å². The van der Waals surface area contributed by atoms with Gasteiger partial charge in [-0.1, -0.05) is 39.7 Å². The second kappa shape index (κ2) is 7.35. The van der Waals surface area contributed by atoms with Crippen molar-refractivity contribution in [1.29, 1.82) is 0 Å². The van der Waals surface area contributed by atoms with E-state index in [4.69, 9.17) is 11.6 Å². The van der Waals surface area contributed by atoms with Gasteiger partial charge < -0.3 is 0 Å². The van der Waals surface area contributed by atoms with Crippen molar-refractivity contribution in [1.82, 2.24) is 9.97 Å².